The fourth-order valence-electron chi connectivity index (χ4n) is 0.763. The van der Waals surface area contributed by atoms with Gasteiger partial charge in [0.05, 0.1) is 0 Å². The molecule has 0 radical (unpaired) electrons. The Bertz CT molecular complexity index is 159. The summed E-state index contributed by atoms with van der Waals surface area (Å²) in [5.41, 5.74) is 0. The number of unbranched alkanes of at least 4 members (excludes halogenated alkanes) is 2. The van der Waals surface area contributed by atoms with Gasteiger partial charge in [0.15, 0.2) is 0 Å². The first-order valence-corrected chi connectivity index (χ1v) is 5.53. The second-order valence-electron chi connectivity index (χ2n) is 2.93. The zero-order chi connectivity index (χ0) is 8.69. The highest BCUT2D eigenvalue weighted by Gasteiger charge is 1.81. The minimum absolute atomic E-state index is 0.206. The fraction of sp³-hybridized carbons (Fsp3) is 1.00. The summed E-state index contributed by atoms with van der Waals surface area (Å²) in [6.07, 6.45) is 3.39. The largest absolute Gasteiger partial charge is 0.444 e. The Morgan fingerprint density at radius 1 is 1.36 bits per heavy atom. The predicted molar refractivity (Wildman–Crippen MR) is 50.0 cm³/mol. The van der Waals surface area contributed by atoms with Crippen LogP contribution in [0.4, 0.5) is 0 Å². The smallest absolute Gasteiger partial charge is 0.0180 e. The van der Waals surface area contributed by atoms with Crippen molar-refractivity contribution < 1.29 is 4.21 Å². The molecule has 0 N–H and O–H groups in total. The van der Waals surface area contributed by atoms with Gasteiger partial charge in [-0.2, -0.15) is 10.6 Å². The van der Waals surface area contributed by atoms with Crippen LogP contribution >= 0.6 is 0 Å². The van der Waals surface area contributed by atoms with Crippen LogP contribution in [0.2, 0.25) is 0 Å². The van der Waals surface area contributed by atoms with Crippen LogP contribution in [0.25, 0.3) is 0 Å². The average molecular weight is 176 g/mol. The van der Waals surface area contributed by atoms with E-state index in [0.29, 0.717) is 0 Å². The van der Waals surface area contributed by atoms with Gasteiger partial charge in [0.2, 0.25) is 0 Å². The molecule has 0 bridgehead atoms. The van der Waals surface area contributed by atoms with Gasteiger partial charge in [-0.15, -0.1) is 0 Å². The minimum atomic E-state index is -0.927. The maximum absolute atomic E-state index is 11.1. The highest BCUT2D eigenvalue weighted by atomic mass is 32.2. The summed E-state index contributed by atoms with van der Waals surface area (Å²) in [6, 6.07) is 0.206. The van der Waals surface area contributed by atoms with E-state index >= 15 is 0 Å². The van der Waals surface area contributed by atoms with E-state index in [4.69, 9.17) is 0 Å². The van der Waals surface area contributed by atoms with Crippen LogP contribution in [0.3, 0.4) is 0 Å². The Morgan fingerprint density at radius 2 is 2.00 bits per heavy atom. The summed E-state index contributed by atoms with van der Waals surface area (Å²) < 4.78 is 15.1. The molecule has 0 saturated heterocycles. The zero-order valence-electron chi connectivity index (χ0n) is 7.67. The Morgan fingerprint density at radius 3 is 2.45 bits per heavy atom. The van der Waals surface area contributed by atoms with Crippen molar-refractivity contribution in [2.45, 2.75) is 46.1 Å². The Hall–Kier alpha value is -0.0500. The standard InChI is InChI=1S/C8H18NOS/c1-4-5-6-7-11(10)9-8(2)3/h8H,4-7H2,1-3H3/q-1. The van der Waals surface area contributed by atoms with E-state index in [2.05, 4.69) is 11.3 Å². The summed E-state index contributed by atoms with van der Waals surface area (Å²) in [4.78, 5) is 0. The molecule has 0 unspecified atom stereocenters. The summed E-state index contributed by atoms with van der Waals surface area (Å²) >= 11 is 0. The zero-order valence-corrected chi connectivity index (χ0v) is 8.49. The van der Waals surface area contributed by atoms with Crippen LogP contribution in [0.15, 0.2) is 4.36 Å². The number of nitrogens with zero attached hydrogens (tertiary/aromatic N) is 1. The molecular formula is C8H18NOS-. The van der Waals surface area contributed by atoms with Crippen molar-refractivity contribution in [3.05, 3.63) is 0 Å². The fourth-order valence-corrected chi connectivity index (χ4v) is 1.79. The van der Waals surface area contributed by atoms with Gasteiger partial charge in [0.1, 0.15) is 0 Å². The van der Waals surface area contributed by atoms with Crippen LogP contribution in [0, 0.1) is 0 Å². The molecule has 0 atom stereocenters. The van der Waals surface area contributed by atoms with E-state index in [9.17, 15) is 4.21 Å². The molecule has 0 aromatic rings. The average Bonchev–Trinajstić information content (AvgIpc) is 1.86. The lowest BCUT2D eigenvalue weighted by Gasteiger charge is -2.05. The number of rotatable bonds is 5. The van der Waals surface area contributed by atoms with Crippen LogP contribution in [-0.2, 0) is 14.8 Å². The van der Waals surface area contributed by atoms with E-state index in [0.717, 1.165) is 12.2 Å². The first-order valence-electron chi connectivity index (χ1n) is 4.26. The maximum Gasteiger partial charge on any atom is 0.0180 e. The van der Waals surface area contributed by atoms with Crippen molar-refractivity contribution in [3.8, 4) is 0 Å². The molecule has 0 fully saturated rings. The molecule has 0 aliphatic carbocycles. The SMILES string of the molecule is CCCCC[S-](=O)=NC(C)C. The van der Waals surface area contributed by atoms with E-state index < -0.39 is 10.6 Å². The van der Waals surface area contributed by atoms with E-state index in [1.54, 1.807) is 0 Å². The van der Waals surface area contributed by atoms with Gasteiger partial charge in [-0.25, -0.2) is 0 Å². The van der Waals surface area contributed by atoms with Gasteiger partial charge >= 0.3 is 0 Å². The number of hydrogen-bond acceptors (Lipinski definition) is 3. The molecule has 0 amide bonds. The van der Waals surface area contributed by atoms with E-state index in [1.807, 2.05) is 13.8 Å². The molecule has 11 heavy (non-hydrogen) atoms. The molecule has 0 aromatic heterocycles. The first kappa shape index (κ1) is 11.0. The lowest BCUT2D eigenvalue weighted by Crippen LogP contribution is -1.92. The second-order valence-corrected chi connectivity index (χ2v) is 4.19. The quantitative estimate of drug-likeness (QED) is 0.468. The van der Waals surface area contributed by atoms with Crippen LogP contribution < -0.4 is 0 Å². The molecular weight excluding hydrogens is 158 g/mol. The summed E-state index contributed by atoms with van der Waals surface area (Å²) in [6.45, 7) is 6.05. The van der Waals surface area contributed by atoms with E-state index in [-0.39, 0.29) is 6.04 Å². The van der Waals surface area contributed by atoms with Gasteiger partial charge in [-0.05, 0) is 13.8 Å². The molecule has 2 nitrogen and oxygen atoms in total. The first-order chi connectivity index (χ1) is 5.16. The monoisotopic (exact) mass is 176 g/mol. The van der Waals surface area contributed by atoms with Crippen molar-refractivity contribution in [1.82, 2.24) is 0 Å². The van der Waals surface area contributed by atoms with Crippen molar-refractivity contribution in [3.63, 3.8) is 0 Å². The van der Waals surface area contributed by atoms with E-state index in [1.165, 1.54) is 12.8 Å². The van der Waals surface area contributed by atoms with Crippen LogP contribution in [0.1, 0.15) is 40.0 Å². The molecule has 0 saturated carbocycles. The van der Waals surface area contributed by atoms with Gasteiger partial charge in [0, 0.05) is 6.04 Å². The molecule has 0 heterocycles. The Labute approximate surface area is 71.6 Å². The summed E-state index contributed by atoms with van der Waals surface area (Å²) in [5, 5.41) is 0. The third-order valence-corrected chi connectivity index (χ3v) is 2.55. The molecule has 0 spiro atoms. The van der Waals surface area contributed by atoms with Gasteiger partial charge in [-0.3, -0.25) is 0 Å². The third-order valence-electron chi connectivity index (χ3n) is 1.25. The van der Waals surface area contributed by atoms with Crippen molar-refractivity contribution in [2.24, 2.45) is 4.36 Å². The maximum atomic E-state index is 11.1. The third kappa shape index (κ3) is 7.85. The Kier molecular flexibility index (Phi) is 6.62. The van der Waals surface area contributed by atoms with Crippen molar-refractivity contribution >= 4 is 10.6 Å². The molecule has 0 rings (SSSR count). The highest BCUT2D eigenvalue weighted by Crippen LogP contribution is 1.96. The molecule has 0 aliphatic rings. The topological polar surface area (TPSA) is 29.4 Å². The van der Waals surface area contributed by atoms with Crippen molar-refractivity contribution in [2.75, 3.05) is 5.75 Å². The van der Waals surface area contributed by atoms with Crippen LogP contribution in [0.5, 0.6) is 0 Å². The van der Waals surface area contributed by atoms with Gasteiger partial charge in [-0.1, -0.05) is 31.9 Å². The van der Waals surface area contributed by atoms with Gasteiger partial charge in [0.25, 0.3) is 0 Å². The summed E-state index contributed by atoms with van der Waals surface area (Å²) in [5.74, 6) is 0.742. The van der Waals surface area contributed by atoms with Crippen molar-refractivity contribution in [1.29, 1.82) is 0 Å². The molecule has 0 aliphatic heterocycles. The van der Waals surface area contributed by atoms with Gasteiger partial charge < -0.3 is 8.57 Å². The highest BCUT2D eigenvalue weighted by molar-refractivity contribution is 7.74. The summed E-state index contributed by atoms with van der Waals surface area (Å²) in [7, 11) is -0.927. The number of hydrogen-bond donors (Lipinski definition) is 0. The second kappa shape index (κ2) is 6.65. The van der Waals surface area contributed by atoms with Crippen LogP contribution in [-0.4, -0.2) is 11.8 Å². The Balaban J connectivity index is 3.52. The molecule has 0 aromatic carbocycles. The predicted octanol–water partition coefficient (Wildman–Crippen LogP) is 2.73. The lowest BCUT2D eigenvalue weighted by molar-refractivity contribution is 0.594. The molecule has 68 valence electrons. The minimum Gasteiger partial charge on any atom is -0.444 e. The normalized spacial score (nSPS) is 14.2. The lowest BCUT2D eigenvalue weighted by atomic mass is 10.3. The molecule has 3 heteroatoms.